The minimum absolute atomic E-state index is 0.159. The summed E-state index contributed by atoms with van der Waals surface area (Å²) in [6, 6.07) is 4.41. The molecule has 0 bridgehead atoms. The maximum atomic E-state index is 5.65. The molecule has 1 heterocycles. The van der Waals surface area contributed by atoms with Crippen molar-refractivity contribution in [2.75, 3.05) is 7.11 Å². The zero-order chi connectivity index (χ0) is 10.9. The van der Waals surface area contributed by atoms with Gasteiger partial charge in [-0.05, 0) is 44.7 Å². The fraction of sp³-hybridized carbons (Fsp3) is 0.667. The van der Waals surface area contributed by atoms with Crippen LogP contribution in [-0.4, -0.2) is 12.7 Å². The minimum Gasteiger partial charge on any atom is -0.378 e. The van der Waals surface area contributed by atoms with Crippen LogP contribution in [0.1, 0.15) is 40.3 Å². The van der Waals surface area contributed by atoms with Gasteiger partial charge in [-0.3, -0.25) is 0 Å². The van der Waals surface area contributed by atoms with Gasteiger partial charge < -0.3 is 4.74 Å². The van der Waals surface area contributed by atoms with E-state index in [0.717, 1.165) is 6.42 Å². The van der Waals surface area contributed by atoms with Crippen LogP contribution in [0.2, 0.25) is 0 Å². The maximum absolute atomic E-state index is 5.65. The summed E-state index contributed by atoms with van der Waals surface area (Å²) in [4.78, 5) is 3.27. The summed E-state index contributed by atoms with van der Waals surface area (Å²) < 4.78 is 5.65. The quantitative estimate of drug-likeness (QED) is 0.744. The van der Waals surface area contributed by atoms with Crippen LogP contribution in [-0.2, 0) is 4.74 Å². The number of alkyl halides is 1. The van der Waals surface area contributed by atoms with Crippen LogP contribution < -0.4 is 0 Å². The number of hydrogen-bond donors (Lipinski definition) is 0. The van der Waals surface area contributed by atoms with E-state index < -0.39 is 0 Å². The molecule has 1 nitrogen and oxygen atoms in total. The lowest BCUT2D eigenvalue weighted by Gasteiger charge is -2.41. The summed E-state index contributed by atoms with van der Waals surface area (Å²) in [5.41, 5.74) is 0.159. The van der Waals surface area contributed by atoms with Gasteiger partial charge in [-0.1, -0.05) is 15.9 Å². The van der Waals surface area contributed by atoms with E-state index >= 15 is 0 Å². The minimum atomic E-state index is 0.159. The first-order valence-corrected chi connectivity index (χ1v) is 7.14. The lowest BCUT2D eigenvalue weighted by atomic mass is 9.76. The van der Waals surface area contributed by atoms with Crippen LogP contribution >= 0.6 is 27.3 Å². The largest absolute Gasteiger partial charge is 0.378 e. The molecule has 0 aromatic carbocycles. The molecule has 0 N–H and O–H groups in total. The molecular formula is C12H17BrOS. The Balaban J connectivity index is 1.99. The van der Waals surface area contributed by atoms with Crippen molar-refractivity contribution in [3.63, 3.8) is 0 Å². The van der Waals surface area contributed by atoms with Crippen LogP contribution in [0, 0.1) is 6.92 Å². The highest BCUT2D eigenvalue weighted by Gasteiger charge is 2.38. The number of aryl methyl sites for hydroxylation is 1. The highest BCUT2D eigenvalue weighted by Crippen LogP contribution is 2.45. The summed E-state index contributed by atoms with van der Waals surface area (Å²) in [6.07, 6.45) is 4.85. The molecule has 1 aliphatic carbocycles. The van der Waals surface area contributed by atoms with Gasteiger partial charge in [0.2, 0.25) is 0 Å². The first-order chi connectivity index (χ1) is 7.15. The summed E-state index contributed by atoms with van der Waals surface area (Å²) in [7, 11) is 1.85. The first kappa shape index (κ1) is 11.6. The Morgan fingerprint density at radius 1 is 1.53 bits per heavy atom. The van der Waals surface area contributed by atoms with E-state index in [1.807, 2.05) is 18.4 Å². The van der Waals surface area contributed by atoms with E-state index in [1.165, 1.54) is 29.0 Å². The molecule has 2 rings (SSSR count). The Hall–Kier alpha value is 0.140. The molecule has 0 amide bonds. The average molecular weight is 289 g/mol. The molecule has 0 spiro atoms. The van der Waals surface area contributed by atoms with Crippen molar-refractivity contribution >= 4 is 27.3 Å². The van der Waals surface area contributed by atoms with E-state index in [2.05, 4.69) is 35.0 Å². The number of thiophene rings is 1. The number of hydrogen-bond acceptors (Lipinski definition) is 2. The van der Waals surface area contributed by atoms with Crippen LogP contribution in [0.15, 0.2) is 12.1 Å². The molecule has 0 aliphatic heterocycles. The Morgan fingerprint density at radius 2 is 2.27 bits per heavy atom. The summed E-state index contributed by atoms with van der Waals surface area (Å²) >= 11 is 5.66. The van der Waals surface area contributed by atoms with Crippen molar-refractivity contribution in [1.29, 1.82) is 0 Å². The summed E-state index contributed by atoms with van der Waals surface area (Å²) in [6.45, 7) is 2.16. The average Bonchev–Trinajstić information content (AvgIpc) is 2.58. The number of methoxy groups -OCH3 is 1. The zero-order valence-electron chi connectivity index (χ0n) is 9.25. The topological polar surface area (TPSA) is 9.23 Å². The van der Waals surface area contributed by atoms with Crippen LogP contribution in [0.25, 0.3) is 0 Å². The fourth-order valence-electron chi connectivity index (χ4n) is 2.11. The Bertz CT molecular complexity index is 325. The van der Waals surface area contributed by atoms with E-state index in [9.17, 15) is 0 Å². The second-order valence-electron chi connectivity index (χ2n) is 4.36. The zero-order valence-corrected chi connectivity index (χ0v) is 11.7. The van der Waals surface area contributed by atoms with Gasteiger partial charge in [0.1, 0.15) is 0 Å². The normalized spacial score (nSPS) is 21.0. The fourth-order valence-corrected chi connectivity index (χ4v) is 3.99. The van der Waals surface area contributed by atoms with Crippen molar-refractivity contribution in [3.8, 4) is 0 Å². The van der Waals surface area contributed by atoms with Gasteiger partial charge in [-0.2, -0.15) is 0 Å². The Morgan fingerprint density at radius 3 is 2.67 bits per heavy atom. The third-order valence-electron chi connectivity index (χ3n) is 3.32. The molecule has 1 saturated carbocycles. The van der Waals surface area contributed by atoms with Gasteiger partial charge in [0.05, 0.1) is 10.4 Å². The van der Waals surface area contributed by atoms with E-state index in [4.69, 9.17) is 4.74 Å². The smallest absolute Gasteiger partial charge is 0.0693 e. The highest BCUT2D eigenvalue weighted by molar-refractivity contribution is 9.09. The second-order valence-corrected chi connectivity index (χ2v) is 6.79. The standard InChI is InChI=1S/C12H17BrOS/c1-9-4-5-11(15-9)10(13)8-12(14-2)6-3-7-12/h4-5,10H,3,6-8H2,1-2H3. The molecule has 1 unspecified atom stereocenters. The molecule has 1 atom stereocenters. The maximum Gasteiger partial charge on any atom is 0.0693 e. The Kier molecular flexibility index (Phi) is 3.53. The van der Waals surface area contributed by atoms with Crippen molar-refractivity contribution in [1.82, 2.24) is 0 Å². The van der Waals surface area contributed by atoms with Gasteiger partial charge in [0, 0.05) is 16.9 Å². The van der Waals surface area contributed by atoms with Crippen molar-refractivity contribution < 1.29 is 4.74 Å². The van der Waals surface area contributed by atoms with E-state index in [-0.39, 0.29) is 5.60 Å². The first-order valence-electron chi connectivity index (χ1n) is 5.41. The van der Waals surface area contributed by atoms with Crippen LogP contribution in [0.3, 0.4) is 0 Å². The number of ether oxygens (including phenoxy) is 1. The molecule has 15 heavy (non-hydrogen) atoms. The van der Waals surface area contributed by atoms with Gasteiger partial charge in [0.25, 0.3) is 0 Å². The molecule has 1 aromatic heterocycles. The van der Waals surface area contributed by atoms with Crippen molar-refractivity contribution in [2.24, 2.45) is 0 Å². The third kappa shape index (κ3) is 2.45. The molecule has 1 aliphatic rings. The predicted molar refractivity (Wildman–Crippen MR) is 68.9 cm³/mol. The molecular weight excluding hydrogens is 272 g/mol. The van der Waals surface area contributed by atoms with Crippen molar-refractivity contribution in [3.05, 3.63) is 21.9 Å². The lowest BCUT2D eigenvalue weighted by Crippen LogP contribution is -2.39. The van der Waals surface area contributed by atoms with Gasteiger partial charge >= 0.3 is 0 Å². The summed E-state index contributed by atoms with van der Waals surface area (Å²) in [5, 5.41) is 0. The third-order valence-corrected chi connectivity index (χ3v) is 5.55. The Labute approximate surface area is 104 Å². The van der Waals surface area contributed by atoms with Gasteiger partial charge in [-0.25, -0.2) is 0 Å². The molecule has 0 radical (unpaired) electrons. The number of halogens is 1. The van der Waals surface area contributed by atoms with Gasteiger partial charge in [0.15, 0.2) is 0 Å². The molecule has 3 heteroatoms. The molecule has 0 saturated heterocycles. The van der Waals surface area contributed by atoms with Crippen molar-refractivity contribution in [2.45, 2.75) is 43.0 Å². The number of rotatable bonds is 4. The predicted octanol–water partition coefficient (Wildman–Crippen LogP) is 4.45. The van der Waals surface area contributed by atoms with Crippen LogP contribution in [0.5, 0.6) is 0 Å². The summed E-state index contributed by atoms with van der Waals surface area (Å²) in [5.74, 6) is 0. The lowest BCUT2D eigenvalue weighted by molar-refractivity contribution is -0.0772. The molecule has 1 fully saturated rings. The monoisotopic (exact) mass is 288 g/mol. The molecule has 1 aromatic rings. The van der Waals surface area contributed by atoms with E-state index in [1.54, 1.807) is 0 Å². The molecule has 84 valence electrons. The van der Waals surface area contributed by atoms with E-state index in [0.29, 0.717) is 4.83 Å². The highest BCUT2D eigenvalue weighted by atomic mass is 79.9. The SMILES string of the molecule is COC1(CC(Br)c2ccc(C)s2)CCC1. The van der Waals surface area contributed by atoms with Crippen LogP contribution in [0.4, 0.5) is 0 Å². The second kappa shape index (κ2) is 4.56. The van der Waals surface area contributed by atoms with Gasteiger partial charge in [-0.15, -0.1) is 11.3 Å².